The molecule has 0 fully saturated rings. The SMILES string of the molecule is CCCCCCCCCCCCCCC(S)C(=O)O.[Cu]. The van der Waals surface area contributed by atoms with E-state index < -0.39 is 11.2 Å². The molecule has 0 aromatic carbocycles. The fourth-order valence-electron chi connectivity index (χ4n) is 2.30. The molecule has 0 aromatic heterocycles. The molecule has 0 aromatic rings. The van der Waals surface area contributed by atoms with Gasteiger partial charge < -0.3 is 5.11 Å². The zero-order valence-corrected chi connectivity index (χ0v) is 14.7. The summed E-state index contributed by atoms with van der Waals surface area (Å²) in [6.45, 7) is 2.26. The van der Waals surface area contributed by atoms with Gasteiger partial charge in [-0.2, -0.15) is 12.6 Å². The van der Waals surface area contributed by atoms with Gasteiger partial charge >= 0.3 is 5.97 Å². The van der Waals surface area contributed by atoms with Crippen molar-refractivity contribution in [3.05, 3.63) is 0 Å². The summed E-state index contributed by atoms with van der Waals surface area (Å²) in [4.78, 5) is 10.6. The molecule has 1 radical (unpaired) electrons. The standard InChI is InChI=1S/C16H32O2S.Cu/c1-2-3-4-5-6-7-8-9-10-11-12-13-14-15(19)16(17)18;/h15,19H,2-14H2,1H3,(H,17,18);. The largest absolute Gasteiger partial charge is 0.480 e. The second kappa shape index (κ2) is 17.4. The molecule has 0 rings (SSSR count). The molecule has 0 aliphatic rings. The van der Waals surface area contributed by atoms with Crippen molar-refractivity contribution in [1.29, 1.82) is 0 Å². The zero-order chi connectivity index (χ0) is 14.3. The molecule has 2 nitrogen and oxygen atoms in total. The topological polar surface area (TPSA) is 37.3 Å². The predicted molar refractivity (Wildman–Crippen MR) is 86.1 cm³/mol. The van der Waals surface area contributed by atoms with Crippen LogP contribution in [0.2, 0.25) is 0 Å². The second-order valence-electron chi connectivity index (χ2n) is 5.53. The molecule has 0 aliphatic carbocycles. The Hall–Kier alpha value is 0.339. The number of unbranched alkanes of at least 4 members (excludes halogenated alkanes) is 11. The first-order valence-electron chi connectivity index (χ1n) is 8.09. The first kappa shape index (κ1) is 22.6. The van der Waals surface area contributed by atoms with Crippen LogP contribution >= 0.6 is 12.6 Å². The summed E-state index contributed by atoms with van der Waals surface area (Å²) in [6.07, 6.45) is 16.5. The van der Waals surface area contributed by atoms with Crippen molar-refractivity contribution < 1.29 is 27.0 Å². The van der Waals surface area contributed by atoms with Crippen molar-refractivity contribution in [3.8, 4) is 0 Å². The van der Waals surface area contributed by atoms with Gasteiger partial charge in [0.25, 0.3) is 0 Å². The third-order valence-electron chi connectivity index (χ3n) is 3.62. The predicted octanol–water partition coefficient (Wildman–Crippen LogP) is 5.46. The third-order valence-corrected chi connectivity index (χ3v) is 4.10. The molecule has 1 N–H and O–H groups in total. The Kier molecular flexibility index (Phi) is 19.7. The van der Waals surface area contributed by atoms with Gasteiger partial charge in [-0.15, -0.1) is 0 Å². The van der Waals surface area contributed by atoms with E-state index >= 15 is 0 Å². The summed E-state index contributed by atoms with van der Waals surface area (Å²) >= 11 is 4.03. The van der Waals surface area contributed by atoms with E-state index in [0.29, 0.717) is 6.42 Å². The molecule has 4 heteroatoms. The molecule has 20 heavy (non-hydrogen) atoms. The summed E-state index contributed by atoms with van der Waals surface area (Å²) in [5, 5.41) is 8.21. The molecular weight excluding hydrogens is 320 g/mol. The number of hydrogen-bond acceptors (Lipinski definition) is 2. The van der Waals surface area contributed by atoms with Gasteiger partial charge in [0.1, 0.15) is 0 Å². The Morgan fingerprint density at radius 1 is 0.850 bits per heavy atom. The van der Waals surface area contributed by atoms with Crippen LogP contribution in [0.1, 0.15) is 90.4 Å². The number of hydrogen-bond donors (Lipinski definition) is 2. The minimum Gasteiger partial charge on any atom is -0.480 e. The number of carboxylic acids is 1. The van der Waals surface area contributed by atoms with Gasteiger partial charge in [-0.3, -0.25) is 4.79 Å². The Bertz CT molecular complexity index is 213. The molecule has 0 aliphatic heterocycles. The van der Waals surface area contributed by atoms with Crippen LogP contribution < -0.4 is 0 Å². The van der Waals surface area contributed by atoms with Crippen molar-refractivity contribution in [3.63, 3.8) is 0 Å². The smallest absolute Gasteiger partial charge is 0.316 e. The van der Waals surface area contributed by atoms with Crippen LogP contribution in [-0.2, 0) is 21.9 Å². The van der Waals surface area contributed by atoms with Gasteiger partial charge in [-0.1, -0.05) is 84.0 Å². The maximum atomic E-state index is 10.6. The van der Waals surface area contributed by atoms with Crippen molar-refractivity contribution in [2.24, 2.45) is 0 Å². The molecule has 1 unspecified atom stereocenters. The van der Waals surface area contributed by atoms with Crippen molar-refractivity contribution in [2.75, 3.05) is 0 Å². The molecule has 1 atom stereocenters. The van der Waals surface area contributed by atoms with E-state index in [9.17, 15) is 4.79 Å². The molecule has 0 bridgehead atoms. The van der Waals surface area contributed by atoms with E-state index in [1.165, 1.54) is 64.2 Å². The summed E-state index contributed by atoms with van der Waals surface area (Å²) in [5.74, 6) is -0.786. The monoisotopic (exact) mass is 351 g/mol. The molecule has 125 valence electrons. The van der Waals surface area contributed by atoms with Crippen molar-refractivity contribution in [1.82, 2.24) is 0 Å². The van der Waals surface area contributed by atoms with Crippen LogP contribution in [0, 0.1) is 0 Å². The molecule has 0 spiro atoms. The zero-order valence-electron chi connectivity index (χ0n) is 12.9. The summed E-state index contributed by atoms with van der Waals surface area (Å²) in [6, 6.07) is 0. The van der Waals surface area contributed by atoms with Gasteiger partial charge in [0, 0.05) is 17.1 Å². The summed E-state index contributed by atoms with van der Waals surface area (Å²) < 4.78 is 0. The Morgan fingerprint density at radius 3 is 1.55 bits per heavy atom. The first-order valence-corrected chi connectivity index (χ1v) is 8.61. The van der Waals surface area contributed by atoms with E-state index in [1.54, 1.807) is 0 Å². The van der Waals surface area contributed by atoms with Crippen LogP contribution in [0.3, 0.4) is 0 Å². The van der Waals surface area contributed by atoms with Crippen LogP contribution in [0.5, 0.6) is 0 Å². The molecule has 0 saturated carbocycles. The van der Waals surface area contributed by atoms with Crippen LogP contribution in [0.15, 0.2) is 0 Å². The third kappa shape index (κ3) is 16.4. The second-order valence-corrected chi connectivity index (χ2v) is 6.16. The Morgan fingerprint density at radius 2 is 1.20 bits per heavy atom. The van der Waals surface area contributed by atoms with Gasteiger partial charge in [0.15, 0.2) is 0 Å². The fraction of sp³-hybridized carbons (Fsp3) is 0.938. The molecule has 0 heterocycles. The van der Waals surface area contributed by atoms with Crippen LogP contribution in [0.4, 0.5) is 0 Å². The Balaban J connectivity index is 0. The van der Waals surface area contributed by atoms with Crippen molar-refractivity contribution >= 4 is 18.6 Å². The molecular formula is C16H32CuO2S. The van der Waals surface area contributed by atoms with Crippen LogP contribution in [0.25, 0.3) is 0 Å². The van der Waals surface area contributed by atoms with Gasteiger partial charge in [-0.05, 0) is 6.42 Å². The average molecular weight is 352 g/mol. The molecule has 0 amide bonds. The van der Waals surface area contributed by atoms with E-state index in [1.807, 2.05) is 0 Å². The van der Waals surface area contributed by atoms with Gasteiger partial charge in [0.2, 0.25) is 0 Å². The molecule has 0 saturated heterocycles. The normalized spacial score (nSPS) is 11.9. The average Bonchev–Trinajstić information content (AvgIpc) is 2.39. The van der Waals surface area contributed by atoms with Crippen molar-refractivity contribution in [2.45, 2.75) is 95.6 Å². The number of thiol groups is 1. The van der Waals surface area contributed by atoms with E-state index in [2.05, 4.69) is 19.6 Å². The fourth-order valence-corrected chi connectivity index (χ4v) is 2.48. The van der Waals surface area contributed by atoms with Gasteiger partial charge in [-0.25, -0.2) is 0 Å². The van der Waals surface area contributed by atoms with E-state index in [4.69, 9.17) is 5.11 Å². The first-order chi connectivity index (χ1) is 9.18. The number of aliphatic carboxylic acids is 1. The van der Waals surface area contributed by atoms with Crippen LogP contribution in [-0.4, -0.2) is 16.3 Å². The quantitative estimate of drug-likeness (QED) is 0.248. The number of carbonyl (C=O) groups is 1. The maximum Gasteiger partial charge on any atom is 0.316 e. The summed E-state index contributed by atoms with van der Waals surface area (Å²) in [5.41, 5.74) is 0. The van der Waals surface area contributed by atoms with E-state index in [0.717, 1.165) is 12.8 Å². The van der Waals surface area contributed by atoms with E-state index in [-0.39, 0.29) is 17.1 Å². The number of rotatable bonds is 14. The Labute approximate surface area is 141 Å². The minimum atomic E-state index is -0.786. The summed E-state index contributed by atoms with van der Waals surface area (Å²) in [7, 11) is 0. The minimum absolute atomic E-state index is 0. The number of carboxylic acid groups (broad SMARTS) is 1. The maximum absolute atomic E-state index is 10.6. The van der Waals surface area contributed by atoms with Gasteiger partial charge in [0.05, 0.1) is 5.25 Å².